The van der Waals surface area contributed by atoms with E-state index in [0.29, 0.717) is 0 Å². The Morgan fingerprint density at radius 1 is 0.880 bits per heavy atom. The van der Waals surface area contributed by atoms with Crippen LogP contribution in [0.1, 0.15) is 11.1 Å². The maximum Gasteiger partial charge on any atom is 0.119 e. The molecule has 4 rings (SSSR count). The van der Waals surface area contributed by atoms with Crippen molar-refractivity contribution in [2.24, 2.45) is 0 Å². The summed E-state index contributed by atoms with van der Waals surface area (Å²) >= 11 is 0. The van der Waals surface area contributed by atoms with E-state index in [2.05, 4.69) is 66.6 Å². The molecule has 0 atom stereocenters. The quantitative estimate of drug-likeness (QED) is 0.509. The fourth-order valence-electron chi connectivity index (χ4n) is 3.69. The highest BCUT2D eigenvalue weighted by Crippen LogP contribution is 2.38. The number of benzene rings is 3. The Balaban J connectivity index is 2.06. The molecule has 3 aromatic carbocycles. The van der Waals surface area contributed by atoms with Gasteiger partial charge >= 0.3 is 0 Å². The summed E-state index contributed by atoms with van der Waals surface area (Å²) in [6.07, 6.45) is 0. The standard InChI is InChI=1S/C22H22N2O/c1-13-14(2)22-18-11-15(25-4)9-10-20(18)24-21(22)12-17(13)16-7-5-6-8-19(16)23-3/h5-12,23-24H,1-4H3. The second-order valence-electron chi connectivity index (χ2n) is 6.43. The van der Waals surface area contributed by atoms with Gasteiger partial charge in [-0.1, -0.05) is 18.2 Å². The molecule has 0 saturated heterocycles. The Morgan fingerprint density at radius 3 is 2.44 bits per heavy atom. The van der Waals surface area contributed by atoms with Crippen molar-refractivity contribution in [2.45, 2.75) is 13.8 Å². The number of methoxy groups -OCH3 is 1. The lowest BCUT2D eigenvalue weighted by molar-refractivity contribution is 0.415. The zero-order valence-corrected chi connectivity index (χ0v) is 15.0. The second kappa shape index (κ2) is 5.85. The van der Waals surface area contributed by atoms with Crippen LogP contribution in [-0.4, -0.2) is 19.1 Å². The van der Waals surface area contributed by atoms with Crippen LogP contribution in [0.2, 0.25) is 0 Å². The van der Waals surface area contributed by atoms with Gasteiger partial charge in [0.1, 0.15) is 5.75 Å². The number of rotatable bonds is 3. The maximum absolute atomic E-state index is 5.41. The first-order chi connectivity index (χ1) is 12.1. The monoisotopic (exact) mass is 330 g/mol. The number of anilines is 1. The minimum atomic E-state index is 0.884. The van der Waals surface area contributed by atoms with Crippen LogP contribution < -0.4 is 10.1 Å². The summed E-state index contributed by atoms with van der Waals surface area (Å²) in [6, 6.07) is 16.9. The minimum Gasteiger partial charge on any atom is -0.497 e. The average Bonchev–Trinajstić information content (AvgIpc) is 3.02. The molecule has 2 N–H and O–H groups in total. The predicted octanol–water partition coefficient (Wildman–Crippen LogP) is 5.66. The summed E-state index contributed by atoms with van der Waals surface area (Å²) < 4.78 is 5.41. The van der Waals surface area contributed by atoms with Crippen LogP contribution in [0, 0.1) is 13.8 Å². The van der Waals surface area contributed by atoms with E-state index < -0.39 is 0 Å². The molecule has 0 aliphatic heterocycles. The normalized spacial score (nSPS) is 11.2. The number of para-hydroxylation sites is 1. The fraction of sp³-hybridized carbons (Fsp3) is 0.182. The molecule has 0 aliphatic rings. The van der Waals surface area contributed by atoms with E-state index >= 15 is 0 Å². The molecule has 3 heteroatoms. The summed E-state index contributed by atoms with van der Waals surface area (Å²) in [5.74, 6) is 0.884. The molecule has 4 aromatic rings. The molecule has 0 bridgehead atoms. The highest BCUT2D eigenvalue weighted by Gasteiger charge is 2.15. The van der Waals surface area contributed by atoms with E-state index in [4.69, 9.17) is 4.74 Å². The maximum atomic E-state index is 5.41. The van der Waals surface area contributed by atoms with Gasteiger partial charge in [-0.25, -0.2) is 0 Å². The molecule has 0 spiro atoms. The number of aromatic nitrogens is 1. The van der Waals surface area contributed by atoms with Gasteiger partial charge in [0.15, 0.2) is 0 Å². The van der Waals surface area contributed by atoms with Crippen LogP contribution in [0.15, 0.2) is 48.5 Å². The fourth-order valence-corrected chi connectivity index (χ4v) is 3.69. The first-order valence-corrected chi connectivity index (χ1v) is 8.51. The van der Waals surface area contributed by atoms with Crippen molar-refractivity contribution in [1.29, 1.82) is 0 Å². The zero-order valence-electron chi connectivity index (χ0n) is 15.0. The van der Waals surface area contributed by atoms with Crippen LogP contribution in [0.25, 0.3) is 32.9 Å². The third-order valence-electron chi connectivity index (χ3n) is 5.15. The van der Waals surface area contributed by atoms with Crippen molar-refractivity contribution in [1.82, 2.24) is 4.98 Å². The van der Waals surface area contributed by atoms with Crippen LogP contribution in [0.5, 0.6) is 5.75 Å². The average molecular weight is 330 g/mol. The molecule has 3 nitrogen and oxygen atoms in total. The van der Waals surface area contributed by atoms with E-state index in [0.717, 1.165) is 22.5 Å². The summed E-state index contributed by atoms with van der Waals surface area (Å²) in [5, 5.41) is 5.79. The summed E-state index contributed by atoms with van der Waals surface area (Å²) in [7, 11) is 3.68. The molecular formula is C22H22N2O. The Bertz CT molecular complexity index is 1090. The minimum absolute atomic E-state index is 0.884. The lowest BCUT2D eigenvalue weighted by Crippen LogP contribution is -1.95. The van der Waals surface area contributed by atoms with Crippen molar-refractivity contribution in [3.05, 3.63) is 59.7 Å². The van der Waals surface area contributed by atoms with Crippen molar-refractivity contribution in [3.8, 4) is 16.9 Å². The number of fused-ring (bicyclic) bond motifs is 3. The number of hydrogen-bond donors (Lipinski definition) is 2. The first-order valence-electron chi connectivity index (χ1n) is 8.51. The zero-order chi connectivity index (χ0) is 17.6. The van der Waals surface area contributed by atoms with Gasteiger partial charge < -0.3 is 15.0 Å². The van der Waals surface area contributed by atoms with Crippen molar-refractivity contribution in [3.63, 3.8) is 0 Å². The predicted molar refractivity (Wildman–Crippen MR) is 107 cm³/mol. The number of aryl methyl sites for hydroxylation is 1. The van der Waals surface area contributed by atoms with Gasteiger partial charge in [0.25, 0.3) is 0 Å². The highest BCUT2D eigenvalue weighted by atomic mass is 16.5. The number of ether oxygens (including phenoxy) is 1. The third-order valence-corrected chi connectivity index (χ3v) is 5.15. The summed E-state index contributed by atoms with van der Waals surface area (Å²) in [5.41, 5.74) is 8.53. The molecule has 0 saturated carbocycles. The third kappa shape index (κ3) is 2.35. The summed E-state index contributed by atoms with van der Waals surface area (Å²) in [6.45, 7) is 4.41. The SMILES string of the molecule is CNc1ccccc1-c1cc2[nH]c3ccc(OC)cc3c2c(C)c1C. The molecule has 0 radical (unpaired) electrons. The smallest absolute Gasteiger partial charge is 0.119 e. The molecule has 0 unspecified atom stereocenters. The molecule has 0 fully saturated rings. The van der Waals surface area contributed by atoms with Gasteiger partial charge in [-0.3, -0.25) is 0 Å². The van der Waals surface area contributed by atoms with Gasteiger partial charge in [-0.2, -0.15) is 0 Å². The molecule has 0 amide bonds. The number of H-pyrrole nitrogens is 1. The molecule has 25 heavy (non-hydrogen) atoms. The molecule has 1 heterocycles. The Hall–Kier alpha value is -2.94. The second-order valence-corrected chi connectivity index (χ2v) is 6.43. The Kier molecular flexibility index (Phi) is 3.65. The molecular weight excluding hydrogens is 308 g/mol. The van der Waals surface area contributed by atoms with Crippen molar-refractivity contribution < 1.29 is 4.74 Å². The lowest BCUT2D eigenvalue weighted by atomic mass is 9.92. The van der Waals surface area contributed by atoms with Crippen LogP contribution >= 0.6 is 0 Å². The highest BCUT2D eigenvalue weighted by molar-refractivity contribution is 6.11. The largest absolute Gasteiger partial charge is 0.497 e. The van der Waals surface area contributed by atoms with Gasteiger partial charge in [-0.05, 0) is 60.9 Å². The molecule has 126 valence electrons. The van der Waals surface area contributed by atoms with Crippen molar-refractivity contribution in [2.75, 3.05) is 19.5 Å². The number of aromatic amines is 1. The Morgan fingerprint density at radius 2 is 1.68 bits per heavy atom. The molecule has 1 aromatic heterocycles. The summed E-state index contributed by atoms with van der Waals surface area (Å²) in [4.78, 5) is 3.57. The van der Waals surface area contributed by atoms with E-state index in [1.54, 1.807) is 7.11 Å². The van der Waals surface area contributed by atoms with E-state index in [9.17, 15) is 0 Å². The van der Waals surface area contributed by atoms with E-state index in [1.807, 2.05) is 13.1 Å². The van der Waals surface area contributed by atoms with Crippen LogP contribution in [0.3, 0.4) is 0 Å². The Labute approximate surface area is 147 Å². The number of hydrogen-bond acceptors (Lipinski definition) is 2. The van der Waals surface area contributed by atoms with Crippen molar-refractivity contribution >= 4 is 27.5 Å². The van der Waals surface area contributed by atoms with E-state index in [-0.39, 0.29) is 0 Å². The van der Waals surface area contributed by atoms with Gasteiger partial charge in [0.2, 0.25) is 0 Å². The lowest BCUT2D eigenvalue weighted by Gasteiger charge is -2.14. The van der Waals surface area contributed by atoms with Crippen LogP contribution in [0.4, 0.5) is 5.69 Å². The van der Waals surface area contributed by atoms with Gasteiger partial charge in [-0.15, -0.1) is 0 Å². The first kappa shape index (κ1) is 15.6. The number of nitrogens with one attached hydrogen (secondary N) is 2. The topological polar surface area (TPSA) is 37.0 Å². The van der Waals surface area contributed by atoms with Crippen LogP contribution in [-0.2, 0) is 0 Å². The van der Waals surface area contributed by atoms with Gasteiger partial charge in [0, 0.05) is 40.1 Å². The van der Waals surface area contributed by atoms with Gasteiger partial charge in [0.05, 0.1) is 7.11 Å². The molecule has 0 aliphatic carbocycles. The van der Waals surface area contributed by atoms with E-state index in [1.165, 1.54) is 33.0 Å².